The molecule has 1 amide bonds. The molecule has 2 N–H and O–H groups in total. The van der Waals surface area contributed by atoms with Gasteiger partial charge >= 0.3 is 0 Å². The molecule has 0 unspecified atom stereocenters. The average molecular weight is 442 g/mol. The quantitative estimate of drug-likeness (QED) is 0.568. The SMILES string of the molecule is COc1cc(C(=O)Nc2nc(N3CCCCC3)n[nH]2)ccc1OCc1ccccc1Cl. The van der Waals surface area contributed by atoms with Gasteiger partial charge in [-0.05, 0) is 43.5 Å². The maximum Gasteiger partial charge on any atom is 0.258 e. The first-order valence-electron chi connectivity index (χ1n) is 10.2. The number of amides is 1. The zero-order valence-corrected chi connectivity index (χ0v) is 18.0. The Balaban J connectivity index is 1.41. The highest BCUT2D eigenvalue weighted by atomic mass is 35.5. The second-order valence-electron chi connectivity index (χ2n) is 7.23. The molecular formula is C22H24ClN5O3. The van der Waals surface area contributed by atoms with E-state index in [-0.39, 0.29) is 5.91 Å². The summed E-state index contributed by atoms with van der Waals surface area (Å²) >= 11 is 6.18. The van der Waals surface area contributed by atoms with Crippen molar-refractivity contribution in [2.75, 3.05) is 30.4 Å². The molecule has 0 aliphatic carbocycles. The summed E-state index contributed by atoms with van der Waals surface area (Å²) in [5.74, 6) is 1.56. The average Bonchev–Trinajstić information content (AvgIpc) is 3.27. The lowest BCUT2D eigenvalue weighted by molar-refractivity contribution is 0.102. The van der Waals surface area contributed by atoms with Crippen LogP contribution in [-0.4, -0.2) is 41.3 Å². The summed E-state index contributed by atoms with van der Waals surface area (Å²) in [5.41, 5.74) is 1.28. The number of rotatable bonds is 7. The van der Waals surface area contributed by atoms with Crippen molar-refractivity contribution in [2.24, 2.45) is 0 Å². The van der Waals surface area contributed by atoms with Crippen molar-refractivity contribution in [2.45, 2.75) is 25.9 Å². The second kappa shape index (κ2) is 9.70. The van der Waals surface area contributed by atoms with Gasteiger partial charge in [0.2, 0.25) is 11.9 Å². The van der Waals surface area contributed by atoms with E-state index < -0.39 is 0 Å². The number of piperidine rings is 1. The van der Waals surface area contributed by atoms with Crippen molar-refractivity contribution < 1.29 is 14.3 Å². The van der Waals surface area contributed by atoms with Gasteiger partial charge in [-0.15, -0.1) is 5.10 Å². The molecular weight excluding hydrogens is 418 g/mol. The van der Waals surface area contributed by atoms with Gasteiger partial charge < -0.3 is 14.4 Å². The number of hydrogen-bond acceptors (Lipinski definition) is 6. The van der Waals surface area contributed by atoms with Crippen LogP contribution in [0.3, 0.4) is 0 Å². The Labute approximate surface area is 185 Å². The van der Waals surface area contributed by atoms with Crippen LogP contribution in [0, 0.1) is 0 Å². The highest BCUT2D eigenvalue weighted by molar-refractivity contribution is 6.31. The summed E-state index contributed by atoms with van der Waals surface area (Å²) in [4.78, 5) is 19.2. The molecule has 1 fully saturated rings. The van der Waals surface area contributed by atoms with Gasteiger partial charge in [0, 0.05) is 29.2 Å². The molecule has 31 heavy (non-hydrogen) atoms. The minimum Gasteiger partial charge on any atom is -0.493 e. The number of ether oxygens (including phenoxy) is 2. The number of anilines is 2. The van der Waals surface area contributed by atoms with Crippen LogP contribution in [0.2, 0.25) is 5.02 Å². The molecule has 2 aromatic carbocycles. The van der Waals surface area contributed by atoms with Crippen molar-refractivity contribution in [1.82, 2.24) is 15.2 Å². The van der Waals surface area contributed by atoms with Gasteiger partial charge in [0.05, 0.1) is 7.11 Å². The molecule has 4 rings (SSSR count). The monoisotopic (exact) mass is 441 g/mol. The van der Waals surface area contributed by atoms with Crippen LogP contribution < -0.4 is 19.7 Å². The molecule has 1 aliphatic heterocycles. The molecule has 0 atom stereocenters. The van der Waals surface area contributed by atoms with E-state index >= 15 is 0 Å². The molecule has 0 bridgehead atoms. The lowest BCUT2D eigenvalue weighted by Crippen LogP contribution is -2.30. The highest BCUT2D eigenvalue weighted by Crippen LogP contribution is 2.30. The van der Waals surface area contributed by atoms with Crippen molar-refractivity contribution in [3.8, 4) is 11.5 Å². The number of aromatic amines is 1. The number of H-pyrrole nitrogens is 1. The molecule has 1 saturated heterocycles. The van der Waals surface area contributed by atoms with Crippen molar-refractivity contribution in [3.05, 3.63) is 58.6 Å². The van der Waals surface area contributed by atoms with Crippen molar-refractivity contribution in [1.29, 1.82) is 0 Å². The van der Waals surface area contributed by atoms with Gasteiger partial charge in [-0.25, -0.2) is 5.10 Å². The summed E-state index contributed by atoms with van der Waals surface area (Å²) < 4.78 is 11.3. The summed E-state index contributed by atoms with van der Waals surface area (Å²) in [6.07, 6.45) is 3.48. The fourth-order valence-corrected chi connectivity index (χ4v) is 3.61. The van der Waals surface area contributed by atoms with E-state index in [9.17, 15) is 4.79 Å². The van der Waals surface area contributed by atoms with Crippen LogP contribution in [0.25, 0.3) is 0 Å². The number of halogens is 1. The number of hydrogen-bond donors (Lipinski definition) is 2. The first kappa shape index (κ1) is 21.0. The van der Waals surface area contributed by atoms with E-state index in [2.05, 4.69) is 25.4 Å². The third-order valence-electron chi connectivity index (χ3n) is 5.11. The minimum absolute atomic E-state index is 0.291. The van der Waals surface area contributed by atoms with Crippen LogP contribution >= 0.6 is 11.6 Å². The lowest BCUT2D eigenvalue weighted by Gasteiger charge is -2.24. The zero-order chi connectivity index (χ0) is 21.6. The summed E-state index contributed by atoms with van der Waals surface area (Å²) in [7, 11) is 1.53. The minimum atomic E-state index is -0.322. The smallest absolute Gasteiger partial charge is 0.258 e. The van der Waals surface area contributed by atoms with Crippen LogP contribution in [0.1, 0.15) is 35.2 Å². The Morgan fingerprint density at radius 3 is 2.74 bits per heavy atom. The normalized spacial score (nSPS) is 13.7. The highest BCUT2D eigenvalue weighted by Gasteiger charge is 2.17. The van der Waals surface area contributed by atoms with Crippen molar-refractivity contribution >= 4 is 29.4 Å². The standard InChI is InChI=1S/C22H24ClN5O3/c1-30-19-13-15(9-10-18(19)31-14-16-7-3-4-8-17(16)23)20(29)24-21-25-22(27-26-21)28-11-5-2-6-12-28/h3-4,7-10,13H,2,5-6,11-12,14H2,1H3,(H2,24,25,26,27,29). The van der Waals surface area contributed by atoms with E-state index in [4.69, 9.17) is 21.1 Å². The summed E-state index contributed by atoms with van der Waals surface area (Å²) in [6.45, 7) is 2.15. The predicted octanol–water partition coefficient (Wildman–Crippen LogP) is 4.29. The van der Waals surface area contributed by atoms with E-state index in [0.717, 1.165) is 31.5 Å². The van der Waals surface area contributed by atoms with Crippen LogP contribution in [0.15, 0.2) is 42.5 Å². The molecule has 9 heteroatoms. The van der Waals surface area contributed by atoms with Gasteiger partial charge in [0.1, 0.15) is 6.61 Å². The molecule has 2 heterocycles. The Morgan fingerprint density at radius 1 is 1.16 bits per heavy atom. The Bertz CT molecular complexity index is 1050. The third-order valence-corrected chi connectivity index (χ3v) is 5.48. The lowest BCUT2D eigenvalue weighted by atomic mass is 10.1. The molecule has 3 aromatic rings. The number of methoxy groups -OCH3 is 1. The molecule has 0 saturated carbocycles. The largest absolute Gasteiger partial charge is 0.493 e. The molecule has 1 aromatic heterocycles. The van der Waals surface area contributed by atoms with E-state index in [1.165, 1.54) is 13.5 Å². The fourth-order valence-electron chi connectivity index (χ4n) is 3.42. The third kappa shape index (κ3) is 5.08. The summed E-state index contributed by atoms with van der Waals surface area (Å²) in [6, 6.07) is 12.5. The Morgan fingerprint density at radius 2 is 1.97 bits per heavy atom. The van der Waals surface area contributed by atoms with Gasteiger partial charge in [0.25, 0.3) is 5.91 Å². The van der Waals surface area contributed by atoms with Gasteiger partial charge in [-0.1, -0.05) is 29.8 Å². The topological polar surface area (TPSA) is 92.4 Å². The fraction of sp³-hybridized carbons (Fsp3) is 0.318. The Hall–Kier alpha value is -3.26. The van der Waals surface area contributed by atoms with Gasteiger partial charge in [0.15, 0.2) is 11.5 Å². The number of carbonyl (C=O) groups is 1. The summed E-state index contributed by atoms with van der Waals surface area (Å²) in [5, 5.41) is 10.4. The first-order chi connectivity index (χ1) is 15.1. The molecule has 8 nitrogen and oxygen atoms in total. The van der Waals surface area contributed by atoms with Crippen LogP contribution in [0.5, 0.6) is 11.5 Å². The van der Waals surface area contributed by atoms with E-state index in [1.54, 1.807) is 18.2 Å². The number of nitrogens with zero attached hydrogens (tertiary/aromatic N) is 3. The first-order valence-corrected chi connectivity index (χ1v) is 10.5. The number of carbonyl (C=O) groups excluding carboxylic acids is 1. The maximum atomic E-state index is 12.7. The molecule has 0 spiro atoms. The molecule has 1 aliphatic rings. The zero-order valence-electron chi connectivity index (χ0n) is 17.2. The van der Waals surface area contributed by atoms with Crippen LogP contribution in [-0.2, 0) is 6.61 Å². The van der Waals surface area contributed by atoms with E-state index in [1.807, 2.05) is 24.3 Å². The van der Waals surface area contributed by atoms with Crippen LogP contribution in [0.4, 0.5) is 11.9 Å². The van der Waals surface area contributed by atoms with Crippen molar-refractivity contribution in [3.63, 3.8) is 0 Å². The molecule has 0 radical (unpaired) electrons. The Kier molecular flexibility index (Phi) is 6.57. The predicted molar refractivity (Wildman–Crippen MR) is 119 cm³/mol. The second-order valence-corrected chi connectivity index (χ2v) is 7.64. The molecule has 162 valence electrons. The maximum absolute atomic E-state index is 12.7. The van der Waals surface area contributed by atoms with Gasteiger partial charge in [-0.3, -0.25) is 10.1 Å². The number of aromatic nitrogens is 3. The number of nitrogens with one attached hydrogen (secondary N) is 2. The van der Waals surface area contributed by atoms with Gasteiger partial charge in [-0.2, -0.15) is 4.98 Å². The van der Waals surface area contributed by atoms with E-state index in [0.29, 0.717) is 40.6 Å². The number of benzene rings is 2.